The van der Waals surface area contributed by atoms with Crippen molar-refractivity contribution in [3.8, 4) is 0 Å². The molecule has 1 atom stereocenters. The number of aryl methyl sites for hydroxylation is 1. The van der Waals surface area contributed by atoms with E-state index in [1.807, 2.05) is 6.92 Å². The topological polar surface area (TPSA) is 83.8 Å². The summed E-state index contributed by atoms with van der Waals surface area (Å²) in [5.74, 6) is 0. The van der Waals surface area contributed by atoms with Gasteiger partial charge in [0.25, 0.3) is 10.1 Å². The van der Waals surface area contributed by atoms with Gasteiger partial charge >= 0.3 is 0 Å². The summed E-state index contributed by atoms with van der Waals surface area (Å²) in [6, 6.07) is 5.99. The standard InChI is InChI=1S/C7H8O3S.C4H8O2/c1-6-2-4-7(5-3-6)11(8,9)10;5-3-4-1-2-6-4/h2-5H,1H3,(H,8,9,10);4-5H,1-3H2. The lowest BCUT2D eigenvalue weighted by Crippen LogP contribution is -2.29. The minimum atomic E-state index is -4.02. The molecule has 2 rings (SSSR count). The first-order valence-electron chi connectivity index (χ1n) is 5.20. The van der Waals surface area contributed by atoms with E-state index in [-0.39, 0.29) is 17.6 Å². The molecule has 0 bridgehead atoms. The zero-order valence-corrected chi connectivity index (χ0v) is 10.4. The van der Waals surface area contributed by atoms with Crippen LogP contribution in [0, 0.1) is 6.92 Å². The fourth-order valence-electron chi connectivity index (χ4n) is 1.14. The zero-order valence-electron chi connectivity index (χ0n) is 9.54. The molecule has 1 fully saturated rings. The molecule has 1 saturated heterocycles. The van der Waals surface area contributed by atoms with Crippen molar-refractivity contribution in [3.05, 3.63) is 29.8 Å². The van der Waals surface area contributed by atoms with Gasteiger partial charge in [0.05, 0.1) is 17.6 Å². The Bertz CT molecular complexity index is 431. The van der Waals surface area contributed by atoms with Gasteiger partial charge in [0.15, 0.2) is 0 Å². The van der Waals surface area contributed by atoms with Crippen molar-refractivity contribution in [2.45, 2.75) is 24.3 Å². The molecule has 0 aromatic heterocycles. The average Bonchev–Trinajstić information content (AvgIpc) is 2.16. The molecule has 0 amide bonds. The van der Waals surface area contributed by atoms with Gasteiger partial charge in [-0.05, 0) is 25.5 Å². The van der Waals surface area contributed by atoms with E-state index in [0.717, 1.165) is 18.6 Å². The molecule has 1 aliphatic heterocycles. The predicted octanol–water partition coefficient (Wildman–Crippen LogP) is 1.01. The Labute approximate surface area is 101 Å². The predicted molar refractivity (Wildman–Crippen MR) is 62.4 cm³/mol. The van der Waals surface area contributed by atoms with Crippen molar-refractivity contribution >= 4 is 10.1 Å². The van der Waals surface area contributed by atoms with Crippen molar-refractivity contribution in [1.29, 1.82) is 0 Å². The summed E-state index contributed by atoms with van der Waals surface area (Å²) < 4.78 is 34.4. The molecular weight excluding hydrogens is 244 g/mol. The lowest BCUT2D eigenvalue weighted by atomic mass is 10.2. The second-order valence-corrected chi connectivity index (χ2v) is 5.17. The minimum absolute atomic E-state index is 0.0666. The molecule has 1 aromatic carbocycles. The van der Waals surface area contributed by atoms with Gasteiger partial charge in [-0.1, -0.05) is 17.7 Å². The SMILES string of the molecule is Cc1ccc(S(=O)(=O)O)cc1.OCC1CCO1. The third-order valence-electron chi connectivity index (χ3n) is 2.32. The van der Waals surface area contributed by atoms with Crippen molar-refractivity contribution in [2.75, 3.05) is 13.2 Å². The maximum absolute atomic E-state index is 10.5. The zero-order chi connectivity index (χ0) is 12.9. The molecule has 96 valence electrons. The van der Waals surface area contributed by atoms with Crippen LogP contribution in [0.2, 0.25) is 0 Å². The third kappa shape index (κ3) is 4.82. The fraction of sp³-hybridized carbons (Fsp3) is 0.455. The van der Waals surface area contributed by atoms with Gasteiger partial charge in [0.2, 0.25) is 0 Å². The van der Waals surface area contributed by atoms with Gasteiger partial charge in [-0.3, -0.25) is 4.55 Å². The Hall–Kier alpha value is -0.950. The van der Waals surface area contributed by atoms with E-state index in [2.05, 4.69) is 0 Å². The monoisotopic (exact) mass is 260 g/mol. The Kier molecular flexibility index (Phi) is 5.07. The van der Waals surface area contributed by atoms with Crippen LogP contribution in [0.1, 0.15) is 12.0 Å². The number of hydrogen-bond donors (Lipinski definition) is 2. The van der Waals surface area contributed by atoms with Gasteiger partial charge in [0.1, 0.15) is 0 Å². The number of hydrogen-bond acceptors (Lipinski definition) is 4. The number of ether oxygens (including phenoxy) is 1. The fourth-order valence-corrected chi connectivity index (χ4v) is 1.62. The first kappa shape index (κ1) is 14.1. The second-order valence-electron chi connectivity index (χ2n) is 3.75. The molecule has 6 heteroatoms. The maximum atomic E-state index is 10.5. The average molecular weight is 260 g/mol. The number of aliphatic hydroxyl groups excluding tert-OH is 1. The van der Waals surface area contributed by atoms with Crippen LogP contribution < -0.4 is 0 Å². The molecule has 0 aliphatic carbocycles. The molecule has 1 unspecified atom stereocenters. The van der Waals surface area contributed by atoms with Crippen molar-refractivity contribution in [2.24, 2.45) is 0 Å². The van der Waals surface area contributed by atoms with E-state index < -0.39 is 10.1 Å². The largest absolute Gasteiger partial charge is 0.394 e. The highest BCUT2D eigenvalue weighted by molar-refractivity contribution is 7.85. The second kappa shape index (κ2) is 6.11. The van der Waals surface area contributed by atoms with Gasteiger partial charge in [-0.15, -0.1) is 0 Å². The summed E-state index contributed by atoms with van der Waals surface area (Å²) in [6.45, 7) is 2.87. The highest BCUT2D eigenvalue weighted by atomic mass is 32.2. The van der Waals surface area contributed by atoms with E-state index >= 15 is 0 Å². The molecule has 1 heterocycles. The molecule has 1 aromatic rings. The lowest BCUT2D eigenvalue weighted by Gasteiger charge is -2.23. The van der Waals surface area contributed by atoms with Crippen LogP contribution in [-0.4, -0.2) is 37.4 Å². The number of benzene rings is 1. The molecule has 2 N–H and O–H groups in total. The summed E-state index contributed by atoms with van der Waals surface area (Å²) in [5.41, 5.74) is 0.956. The van der Waals surface area contributed by atoms with Gasteiger partial charge in [0, 0.05) is 6.61 Å². The highest BCUT2D eigenvalue weighted by Crippen LogP contribution is 2.08. The molecule has 0 spiro atoms. The van der Waals surface area contributed by atoms with E-state index in [1.54, 1.807) is 12.1 Å². The summed E-state index contributed by atoms with van der Waals surface area (Å²) in [4.78, 5) is -0.0666. The smallest absolute Gasteiger partial charge is 0.294 e. The molecule has 0 radical (unpaired) electrons. The van der Waals surface area contributed by atoms with Crippen molar-refractivity contribution in [3.63, 3.8) is 0 Å². The third-order valence-corrected chi connectivity index (χ3v) is 3.18. The first-order chi connectivity index (χ1) is 7.93. The molecule has 5 nitrogen and oxygen atoms in total. The summed E-state index contributed by atoms with van der Waals surface area (Å²) in [7, 11) is -4.02. The van der Waals surface area contributed by atoms with Crippen LogP contribution in [0.15, 0.2) is 29.2 Å². The quantitative estimate of drug-likeness (QED) is 0.775. The Morgan fingerprint density at radius 3 is 2.12 bits per heavy atom. The Balaban J connectivity index is 0.000000202. The van der Waals surface area contributed by atoms with Gasteiger partial charge in [-0.2, -0.15) is 8.42 Å². The Morgan fingerprint density at radius 1 is 1.35 bits per heavy atom. The van der Waals surface area contributed by atoms with E-state index in [4.69, 9.17) is 14.4 Å². The van der Waals surface area contributed by atoms with E-state index in [0.29, 0.717) is 0 Å². The van der Waals surface area contributed by atoms with E-state index in [9.17, 15) is 8.42 Å². The summed E-state index contributed by atoms with van der Waals surface area (Å²) >= 11 is 0. The van der Waals surface area contributed by atoms with Crippen LogP contribution >= 0.6 is 0 Å². The van der Waals surface area contributed by atoms with Crippen molar-refractivity contribution in [1.82, 2.24) is 0 Å². The normalized spacial score (nSPS) is 18.9. The summed E-state index contributed by atoms with van der Waals surface area (Å²) in [6.07, 6.45) is 1.21. The number of aliphatic hydroxyl groups is 1. The van der Waals surface area contributed by atoms with Crippen molar-refractivity contribution < 1.29 is 22.8 Å². The van der Waals surface area contributed by atoms with Crippen LogP contribution in [0.3, 0.4) is 0 Å². The van der Waals surface area contributed by atoms with Crippen LogP contribution in [0.5, 0.6) is 0 Å². The molecular formula is C11H16O5S. The molecule has 0 saturated carbocycles. The minimum Gasteiger partial charge on any atom is -0.394 e. The highest BCUT2D eigenvalue weighted by Gasteiger charge is 2.15. The lowest BCUT2D eigenvalue weighted by molar-refractivity contribution is -0.0773. The van der Waals surface area contributed by atoms with Crippen LogP contribution in [0.25, 0.3) is 0 Å². The Morgan fingerprint density at radius 2 is 1.88 bits per heavy atom. The molecule has 1 aliphatic rings. The van der Waals surface area contributed by atoms with Gasteiger partial charge < -0.3 is 9.84 Å². The summed E-state index contributed by atoms with van der Waals surface area (Å²) in [5, 5.41) is 8.26. The van der Waals surface area contributed by atoms with Crippen LogP contribution in [-0.2, 0) is 14.9 Å². The van der Waals surface area contributed by atoms with Crippen LogP contribution in [0.4, 0.5) is 0 Å². The maximum Gasteiger partial charge on any atom is 0.294 e. The van der Waals surface area contributed by atoms with E-state index in [1.165, 1.54) is 12.1 Å². The number of rotatable bonds is 2. The first-order valence-corrected chi connectivity index (χ1v) is 6.64. The molecule has 17 heavy (non-hydrogen) atoms. The van der Waals surface area contributed by atoms with Gasteiger partial charge in [-0.25, -0.2) is 0 Å².